The van der Waals surface area contributed by atoms with Crippen molar-refractivity contribution in [1.82, 2.24) is 0 Å². The summed E-state index contributed by atoms with van der Waals surface area (Å²) < 4.78 is 16.4. The van der Waals surface area contributed by atoms with Gasteiger partial charge in [0.2, 0.25) is 5.76 Å². The number of allylic oxidation sites excluding steroid dienone is 1. The van der Waals surface area contributed by atoms with Gasteiger partial charge in [0, 0.05) is 0 Å². The van der Waals surface area contributed by atoms with E-state index in [1.807, 2.05) is 12.1 Å². The molecule has 100 valence electrons. The van der Waals surface area contributed by atoms with Crippen molar-refractivity contribution in [2.45, 2.75) is 32.0 Å². The number of aryl methyl sites for hydroxylation is 1. The number of esters is 1. The van der Waals surface area contributed by atoms with E-state index in [1.165, 1.54) is 12.7 Å². The van der Waals surface area contributed by atoms with E-state index in [9.17, 15) is 4.79 Å². The highest BCUT2D eigenvalue weighted by Gasteiger charge is 2.39. The SMILES string of the molecule is COC(=O)C1=C(C)O[C@@H]2c3ccccc3CC[C@@H]2O1. The summed E-state index contributed by atoms with van der Waals surface area (Å²) in [4.78, 5) is 11.6. The van der Waals surface area contributed by atoms with Gasteiger partial charge in [0.25, 0.3) is 0 Å². The molecule has 19 heavy (non-hydrogen) atoms. The van der Waals surface area contributed by atoms with E-state index in [0.717, 1.165) is 18.4 Å². The van der Waals surface area contributed by atoms with Crippen molar-refractivity contribution < 1.29 is 19.0 Å². The standard InChI is InChI=1S/C15H16O4/c1-9-13(15(16)17-2)19-12-8-7-10-5-3-4-6-11(10)14(12)18-9/h3-6,12,14H,7-8H2,1-2H3/t12-,14+/m0/s1. The summed E-state index contributed by atoms with van der Waals surface area (Å²) in [5.74, 6) is 0.211. The van der Waals surface area contributed by atoms with E-state index in [1.54, 1.807) is 6.92 Å². The molecule has 1 aromatic rings. The van der Waals surface area contributed by atoms with Crippen LogP contribution in [0, 0.1) is 0 Å². The maximum absolute atomic E-state index is 11.6. The third-order valence-corrected chi connectivity index (χ3v) is 3.66. The van der Waals surface area contributed by atoms with Crippen LogP contribution in [0.4, 0.5) is 0 Å². The Labute approximate surface area is 112 Å². The molecule has 2 atom stereocenters. The van der Waals surface area contributed by atoms with Crippen LogP contribution >= 0.6 is 0 Å². The monoisotopic (exact) mass is 260 g/mol. The first kappa shape index (κ1) is 12.1. The van der Waals surface area contributed by atoms with Gasteiger partial charge >= 0.3 is 5.97 Å². The van der Waals surface area contributed by atoms with Crippen LogP contribution in [0.15, 0.2) is 35.8 Å². The highest BCUT2D eigenvalue weighted by Crippen LogP contribution is 2.40. The van der Waals surface area contributed by atoms with Gasteiger partial charge in [-0.15, -0.1) is 0 Å². The van der Waals surface area contributed by atoms with Crippen molar-refractivity contribution in [3.05, 3.63) is 46.9 Å². The normalized spacial score (nSPS) is 24.7. The number of methoxy groups -OCH3 is 1. The molecule has 0 saturated carbocycles. The number of carbonyl (C=O) groups excluding carboxylic acids is 1. The average Bonchev–Trinajstić information content (AvgIpc) is 2.45. The van der Waals surface area contributed by atoms with Gasteiger partial charge in [0.05, 0.1) is 7.11 Å². The Morgan fingerprint density at radius 1 is 1.32 bits per heavy atom. The zero-order valence-corrected chi connectivity index (χ0v) is 11.0. The summed E-state index contributed by atoms with van der Waals surface area (Å²) in [6.07, 6.45) is 1.54. The number of benzene rings is 1. The molecular weight excluding hydrogens is 244 g/mol. The lowest BCUT2D eigenvalue weighted by molar-refractivity contribution is -0.149. The molecule has 1 aliphatic heterocycles. The highest BCUT2D eigenvalue weighted by molar-refractivity contribution is 5.86. The fourth-order valence-electron chi connectivity index (χ4n) is 2.71. The molecule has 4 heteroatoms. The van der Waals surface area contributed by atoms with Gasteiger partial charge in [-0.3, -0.25) is 0 Å². The molecule has 4 nitrogen and oxygen atoms in total. The number of ether oxygens (including phenoxy) is 3. The number of hydrogen-bond donors (Lipinski definition) is 0. The molecule has 0 unspecified atom stereocenters. The zero-order chi connectivity index (χ0) is 13.4. The predicted molar refractivity (Wildman–Crippen MR) is 68.2 cm³/mol. The topological polar surface area (TPSA) is 44.8 Å². The van der Waals surface area contributed by atoms with Gasteiger partial charge in [0.15, 0.2) is 6.10 Å². The first-order chi connectivity index (χ1) is 9.20. The van der Waals surface area contributed by atoms with E-state index < -0.39 is 5.97 Å². The lowest BCUT2D eigenvalue weighted by Crippen LogP contribution is -2.35. The Morgan fingerprint density at radius 3 is 2.89 bits per heavy atom. The van der Waals surface area contributed by atoms with Crippen LogP contribution in [-0.2, 0) is 25.4 Å². The van der Waals surface area contributed by atoms with Crippen LogP contribution in [0.1, 0.15) is 30.6 Å². The summed E-state index contributed by atoms with van der Waals surface area (Å²) in [6, 6.07) is 8.21. The lowest BCUT2D eigenvalue weighted by atomic mass is 9.86. The largest absolute Gasteiger partial charge is 0.482 e. The molecule has 1 heterocycles. The van der Waals surface area contributed by atoms with Gasteiger partial charge in [-0.25, -0.2) is 4.79 Å². The Kier molecular flexibility index (Phi) is 2.93. The van der Waals surface area contributed by atoms with Gasteiger partial charge in [-0.1, -0.05) is 24.3 Å². The summed E-state index contributed by atoms with van der Waals surface area (Å²) in [5, 5.41) is 0. The molecule has 0 N–H and O–H groups in total. The predicted octanol–water partition coefficient (Wildman–Crippen LogP) is 2.49. The smallest absolute Gasteiger partial charge is 0.376 e. The zero-order valence-electron chi connectivity index (χ0n) is 11.0. The van der Waals surface area contributed by atoms with Gasteiger partial charge in [0.1, 0.15) is 11.9 Å². The molecule has 3 rings (SSSR count). The quantitative estimate of drug-likeness (QED) is 0.728. The minimum absolute atomic E-state index is 0.118. The summed E-state index contributed by atoms with van der Waals surface area (Å²) in [6.45, 7) is 1.74. The van der Waals surface area contributed by atoms with E-state index >= 15 is 0 Å². The molecule has 1 aliphatic carbocycles. The minimum atomic E-state index is -0.477. The number of hydrogen-bond acceptors (Lipinski definition) is 4. The average molecular weight is 260 g/mol. The minimum Gasteiger partial charge on any atom is -0.482 e. The van der Waals surface area contributed by atoms with E-state index in [0.29, 0.717) is 5.76 Å². The molecule has 1 aromatic carbocycles. The third kappa shape index (κ3) is 1.97. The first-order valence-electron chi connectivity index (χ1n) is 6.41. The maximum Gasteiger partial charge on any atom is 0.376 e. The van der Waals surface area contributed by atoms with Crippen LogP contribution in [0.3, 0.4) is 0 Å². The Hall–Kier alpha value is -1.97. The second-order valence-corrected chi connectivity index (χ2v) is 4.81. The molecule has 0 saturated heterocycles. The number of fused-ring (bicyclic) bond motifs is 3. The van der Waals surface area contributed by atoms with Crippen molar-refractivity contribution in [3.63, 3.8) is 0 Å². The van der Waals surface area contributed by atoms with Gasteiger partial charge in [-0.2, -0.15) is 0 Å². The fourth-order valence-corrected chi connectivity index (χ4v) is 2.71. The fraction of sp³-hybridized carbons (Fsp3) is 0.400. The third-order valence-electron chi connectivity index (χ3n) is 3.66. The summed E-state index contributed by atoms with van der Waals surface area (Å²) in [5.41, 5.74) is 2.45. The molecule has 2 aliphatic rings. The van der Waals surface area contributed by atoms with E-state index in [2.05, 4.69) is 12.1 Å². The second-order valence-electron chi connectivity index (χ2n) is 4.81. The number of carbonyl (C=O) groups is 1. The molecule has 0 bridgehead atoms. The summed E-state index contributed by atoms with van der Waals surface area (Å²) in [7, 11) is 1.34. The van der Waals surface area contributed by atoms with Crippen molar-refractivity contribution in [3.8, 4) is 0 Å². The molecule has 0 amide bonds. The van der Waals surface area contributed by atoms with Crippen LogP contribution < -0.4 is 0 Å². The van der Waals surface area contributed by atoms with Crippen LogP contribution in [-0.4, -0.2) is 19.2 Å². The Morgan fingerprint density at radius 2 is 2.11 bits per heavy atom. The lowest BCUT2D eigenvalue weighted by Gasteiger charge is -2.38. The molecule has 0 aromatic heterocycles. The molecular formula is C15H16O4. The van der Waals surface area contributed by atoms with Crippen LogP contribution in [0.2, 0.25) is 0 Å². The Bertz CT molecular complexity index is 547. The van der Waals surface area contributed by atoms with E-state index in [-0.39, 0.29) is 18.0 Å². The van der Waals surface area contributed by atoms with Crippen molar-refractivity contribution in [2.75, 3.05) is 7.11 Å². The van der Waals surface area contributed by atoms with Gasteiger partial charge in [-0.05, 0) is 30.9 Å². The van der Waals surface area contributed by atoms with Crippen molar-refractivity contribution >= 4 is 5.97 Å². The molecule has 0 spiro atoms. The van der Waals surface area contributed by atoms with Crippen LogP contribution in [0.5, 0.6) is 0 Å². The van der Waals surface area contributed by atoms with E-state index in [4.69, 9.17) is 14.2 Å². The number of rotatable bonds is 1. The van der Waals surface area contributed by atoms with Crippen molar-refractivity contribution in [1.29, 1.82) is 0 Å². The maximum atomic E-state index is 11.6. The Balaban J connectivity index is 1.95. The first-order valence-corrected chi connectivity index (χ1v) is 6.41. The molecule has 0 radical (unpaired) electrons. The highest BCUT2D eigenvalue weighted by atomic mass is 16.6. The second kappa shape index (κ2) is 4.61. The van der Waals surface area contributed by atoms with Gasteiger partial charge < -0.3 is 14.2 Å². The summed E-state index contributed by atoms with van der Waals surface area (Å²) >= 11 is 0. The molecule has 0 fully saturated rings. The van der Waals surface area contributed by atoms with Crippen LogP contribution in [0.25, 0.3) is 0 Å². The van der Waals surface area contributed by atoms with Crippen molar-refractivity contribution in [2.24, 2.45) is 0 Å².